The van der Waals surface area contributed by atoms with Crippen molar-refractivity contribution < 1.29 is 4.79 Å². The van der Waals surface area contributed by atoms with E-state index >= 15 is 0 Å². The summed E-state index contributed by atoms with van der Waals surface area (Å²) in [6.07, 6.45) is 0. The van der Waals surface area contributed by atoms with Gasteiger partial charge >= 0.3 is 0 Å². The van der Waals surface area contributed by atoms with E-state index in [1.165, 1.54) is 0 Å². The van der Waals surface area contributed by atoms with Crippen LogP contribution in [0.3, 0.4) is 0 Å². The van der Waals surface area contributed by atoms with Crippen LogP contribution in [0.15, 0.2) is 65.2 Å². The Kier molecular flexibility index (Phi) is 5.37. The first-order valence-corrected chi connectivity index (χ1v) is 7.60. The van der Waals surface area contributed by atoms with Gasteiger partial charge in [0.1, 0.15) is 0 Å². The fourth-order valence-corrected chi connectivity index (χ4v) is 2.72. The zero-order chi connectivity index (χ0) is 16.1. The van der Waals surface area contributed by atoms with E-state index < -0.39 is 6.04 Å². The first-order valence-electron chi connectivity index (χ1n) is 6.43. The van der Waals surface area contributed by atoms with Gasteiger partial charge in [0.15, 0.2) is 0 Å². The predicted octanol–water partition coefficient (Wildman–Crippen LogP) is 4.65. The van der Waals surface area contributed by atoms with Crippen molar-refractivity contribution in [2.45, 2.75) is 6.04 Å². The number of hydrogen-bond acceptors (Lipinski definition) is 2. The standard InChI is InChI=1S/C17H12BrClN2O/c1-11(10-20)16(12-6-2-4-8-14(12)18)21-17(22)13-7-3-5-9-15(13)19/h2-9,16H,1H2,(H,21,22). The smallest absolute Gasteiger partial charge is 0.253 e. The van der Waals surface area contributed by atoms with Crippen molar-refractivity contribution in [3.63, 3.8) is 0 Å². The maximum atomic E-state index is 12.4. The van der Waals surface area contributed by atoms with E-state index in [1.54, 1.807) is 24.3 Å². The third-order valence-corrected chi connectivity index (χ3v) is 4.15. The molecular formula is C17H12BrClN2O. The molecular weight excluding hydrogens is 364 g/mol. The molecule has 3 nitrogen and oxygen atoms in total. The Hall–Kier alpha value is -2.09. The van der Waals surface area contributed by atoms with E-state index in [4.69, 9.17) is 16.9 Å². The molecule has 5 heteroatoms. The number of benzene rings is 2. The van der Waals surface area contributed by atoms with Crippen molar-refractivity contribution in [2.24, 2.45) is 0 Å². The van der Waals surface area contributed by atoms with Crippen LogP contribution >= 0.6 is 27.5 Å². The zero-order valence-corrected chi connectivity index (χ0v) is 13.9. The second kappa shape index (κ2) is 7.26. The summed E-state index contributed by atoms with van der Waals surface area (Å²) >= 11 is 9.46. The van der Waals surface area contributed by atoms with E-state index in [-0.39, 0.29) is 11.5 Å². The molecule has 0 saturated carbocycles. The number of carbonyl (C=O) groups excluding carboxylic acids is 1. The van der Waals surface area contributed by atoms with Gasteiger partial charge in [-0.05, 0) is 23.8 Å². The van der Waals surface area contributed by atoms with E-state index in [0.717, 1.165) is 10.0 Å². The monoisotopic (exact) mass is 374 g/mol. The van der Waals surface area contributed by atoms with Gasteiger partial charge in [-0.25, -0.2) is 0 Å². The minimum Gasteiger partial charge on any atom is -0.340 e. The number of amides is 1. The number of carbonyl (C=O) groups is 1. The summed E-state index contributed by atoms with van der Waals surface area (Å²) in [4.78, 5) is 12.4. The van der Waals surface area contributed by atoms with Crippen LogP contribution in [0.5, 0.6) is 0 Å². The minimum atomic E-state index is -0.621. The molecule has 0 aromatic heterocycles. The second-order valence-corrected chi connectivity index (χ2v) is 5.81. The molecule has 1 unspecified atom stereocenters. The highest BCUT2D eigenvalue weighted by atomic mass is 79.9. The Labute approximate surface area is 142 Å². The highest BCUT2D eigenvalue weighted by molar-refractivity contribution is 9.10. The van der Waals surface area contributed by atoms with Gasteiger partial charge in [0, 0.05) is 10.0 Å². The third-order valence-electron chi connectivity index (χ3n) is 3.10. The van der Waals surface area contributed by atoms with Crippen LogP contribution in [0.1, 0.15) is 22.0 Å². The molecule has 2 rings (SSSR count). The second-order valence-electron chi connectivity index (χ2n) is 4.54. The molecule has 0 spiro atoms. The average molecular weight is 376 g/mol. The van der Waals surface area contributed by atoms with Gasteiger partial charge in [-0.2, -0.15) is 5.26 Å². The van der Waals surface area contributed by atoms with Gasteiger partial charge in [-0.1, -0.05) is 64.4 Å². The van der Waals surface area contributed by atoms with E-state index in [2.05, 4.69) is 27.8 Å². The van der Waals surface area contributed by atoms with Crippen molar-refractivity contribution in [1.29, 1.82) is 5.26 Å². The van der Waals surface area contributed by atoms with Crippen molar-refractivity contribution in [2.75, 3.05) is 0 Å². The van der Waals surface area contributed by atoms with Crippen molar-refractivity contribution in [1.82, 2.24) is 5.32 Å². The molecule has 0 aliphatic rings. The van der Waals surface area contributed by atoms with Gasteiger partial charge in [0.05, 0.1) is 22.7 Å². The quantitative estimate of drug-likeness (QED) is 0.791. The summed E-state index contributed by atoms with van der Waals surface area (Å²) in [6.45, 7) is 3.73. The molecule has 0 aliphatic heterocycles. The van der Waals surface area contributed by atoms with Gasteiger partial charge in [-0.15, -0.1) is 0 Å². The van der Waals surface area contributed by atoms with E-state index in [0.29, 0.717) is 10.6 Å². The predicted molar refractivity (Wildman–Crippen MR) is 90.6 cm³/mol. The van der Waals surface area contributed by atoms with E-state index in [9.17, 15) is 4.79 Å². The molecule has 2 aromatic rings. The lowest BCUT2D eigenvalue weighted by Gasteiger charge is -2.19. The van der Waals surface area contributed by atoms with Gasteiger partial charge in [0.2, 0.25) is 0 Å². The lowest BCUT2D eigenvalue weighted by molar-refractivity contribution is 0.0943. The Morgan fingerprint density at radius 1 is 1.23 bits per heavy atom. The average Bonchev–Trinajstić information content (AvgIpc) is 2.53. The number of nitrogens with zero attached hydrogens (tertiary/aromatic N) is 1. The fraction of sp³-hybridized carbons (Fsp3) is 0.0588. The van der Waals surface area contributed by atoms with E-state index in [1.807, 2.05) is 30.3 Å². The van der Waals surface area contributed by atoms with Crippen molar-refractivity contribution in [3.05, 3.63) is 81.3 Å². The Bertz CT molecular complexity index is 767. The van der Waals surface area contributed by atoms with Crippen LogP contribution in [0, 0.1) is 11.3 Å². The first kappa shape index (κ1) is 16.3. The van der Waals surface area contributed by atoms with Gasteiger partial charge < -0.3 is 5.32 Å². The normalized spacial score (nSPS) is 11.3. The molecule has 0 aliphatic carbocycles. The molecule has 110 valence electrons. The summed E-state index contributed by atoms with van der Waals surface area (Å²) in [5, 5.41) is 12.3. The SMILES string of the molecule is C=C(C#N)C(NC(=O)c1ccccc1Cl)c1ccccc1Br. The lowest BCUT2D eigenvalue weighted by Crippen LogP contribution is -2.29. The Morgan fingerprint density at radius 3 is 2.50 bits per heavy atom. The molecule has 2 aromatic carbocycles. The topological polar surface area (TPSA) is 52.9 Å². The first-order chi connectivity index (χ1) is 10.5. The lowest BCUT2D eigenvalue weighted by atomic mass is 10.00. The number of rotatable bonds is 4. The molecule has 22 heavy (non-hydrogen) atoms. The van der Waals surface area contributed by atoms with Gasteiger partial charge in [-0.3, -0.25) is 4.79 Å². The van der Waals surface area contributed by atoms with Crippen LogP contribution in [-0.2, 0) is 0 Å². The fourth-order valence-electron chi connectivity index (χ4n) is 1.98. The Balaban J connectivity index is 2.35. The molecule has 1 atom stereocenters. The molecule has 0 saturated heterocycles. The molecule has 0 heterocycles. The van der Waals surface area contributed by atoms with Crippen LogP contribution in [0.4, 0.5) is 0 Å². The number of nitrogens with one attached hydrogen (secondary N) is 1. The third kappa shape index (κ3) is 3.56. The van der Waals surface area contributed by atoms with Crippen molar-refractivity contribution in [3.8, 4) is 6.07 Å². The molecule has 0 fully saturated rings. The minimum absolute atomic E-state index is 0.243. The number of halogens is 2. The summed E-state index contributed by atoms with van der Waals surface area (Å²) in [5.41, 5.74) is 1.36. The molecule has 1 N–H and O–H groups in total. The Morgan fingerprint density at radius 2 is 1.86 bits per heavy atom. The maximum Gasteiger partial charge on any atom is 0.253 e. The van der Waals surface area contributed by atoms with Crippen LogP contribution in [-0.4, -0.2) is 5.91 Å². The highest BCUT2D eigenvalue weighted by Gasteiger charge is 2.21. The highest BCUT2D eigenvalue weighted by Crippen LogP contribution is 2.28. The zero-order valence-electron chi connectivity index (χ0n) is 11.5. The van der Waals surface area contributed by atoms with Crippen LogP contribution in [0.25, 0.3) is 0 Å². The largest absolute Gasteiger partial charge is 0.340 e. The molecule has 0 bridgehead atoms. The maximum absolute atomic E-state index is 12.4. The van der Waals surface area contributed by atoms with Crippen LogP contribution in [0.2, 0.25) is 5.02 Å². The summed E-state index contributed by atoms with van der Waals surface area (Å²) < 4.78 is 0.788. The summed E-state index contributed by atoms with van der Waals surface area (Å²) in [7, 11) is 0. The summed E-state index contributed by atoms with van der Waals surface area (Å²) in [5.74, 6) is -0.359. The van der Waals surface area contributed by atoms with Crippen LogP contribution < -0.4 is 5.32 Å². The number of hydrogen-bond donors (Lipinski definition) is 1. The number of nitriles is 1. The molecule has 1 amide bonds. The van der Waals surface area contributed by atoms with Crippen molar-refractivity contribution >= 4 is 33.4 Å². The van der Waals surface area contributed by atoms with Gasteiger partial charge in [0.25, 0.3) is 5.91 Å². The summed E-state index contributed by atoms with van der Waals surface area (Å²) in [6, 6.07) is 15.5. The molecule has 0 radical (unpaired) electrons.